The molecule has 17 heavy (non-hydrogen) atoms. The summed E-state index contributed by atoms with van der Waals surface area (Å²) >= 11 is 0. The summed E-state index contributed by atoms with van der Waals surface area (Å²) in [5, 5.41) is 3.34. The third kappa shape index (κ3) is 4.82. The molecule has 0 spiro atoms. The molecule has 1 unspecified atom stereocenters. The van der Waals surface area contributed by atoms with Crippen LogP contribution < -0.4 is 5.32 Å². The monoisotopic (exact) mass is 241 g/mol. The number of rotatable bonds is 7. The van der Waals surface area contributed by atoms with Gasteiger partial charge < -0.3 is 5.32 Å². The summed E-state index contributed by atoms with van der Waals surface area (Å²) in [7, 11) is 0. The maximum atomic E-state index is 13.5. The van der Waals surface area contributed by atoms with E-state index in [1.54, 1.807) is 6.07 Å². The van der Waals surface area contributed by atoms with Gasteiger partial charge in [0.25, 0.3) is 0 Å². The van der Waals surface area contributed by atoms with Gasteiger partial charge in [-0.3, -0.25) is 0 Å². The summed E-state index contributed by atoms with van der Waals surface area (Å²) in [4.78, 5) is 0. The number of halogens is 2. The van der Waals surface area contributed by atoms with Crippen molar-refractivity contribution in [2.45, 2.75) is 33.1 Å². The van der Waals surface area contributed by atoms with Crippen molar-refractivity contribution in [2.75, 3.05) is 13.1 Å². The molecule has 1 aromatic rings. The Morgan fingerprint density at radius 2 is 2.00 bits per heavy atom. The van der Waals surface area contributed by atoms with Crippen LogP contribution in [0.1, 0.15) is 32.3 Å². The van der Waals surface area contributed by atoms with Gasteiger partial charge in [0.1, 0.15) is 11.6 Å². The third-order valence-electron chi connectivity index (χ3n) is 2.96. The van der Waals surface area contributed by atoms with Crippen molar-refractivity contribution in [1.82, 2.24) is 5.32 Å². The highest BCUT2D eigenvalue weighted by Gasteiger charge is 2.11. The van der Waals surface area contributed by atoms with Gasteiger partial charge in [-0.1, -0.05) is 26.3 Å². The van der Waals surface area contributed by atoms with E-state index in [-0.39, 0.29) is 0 Å². The maximum absolute atomic E-state index is 13.5. The van der Waals surface area contributed by atoms with Crippen molar-refractivity contribution in [3.63, 3.8) is 0 Å². The Kier molecular flexibility index (Phi) is 6.12. The molecule has 3 heteroatoms. The van der Waals surface area contributed by atoms with Crippen LogP contribution in [-0.2, 0) is 6.42 Å². The van der Waals surface area contributed by atoms with Crippen LogP contribution in [-0.4, -0.2) is 13.1 Å². The van der Waals surface area contributed by atoms with Gasteiger partial charge in [0.05, 0.1) is 0 Å². The molecule has 0 radical (unpaired) electrons. The average molecular weight is 241 g/mol. The van der Waals surface area contributed by atoms with Crippen LogP contribution >= 0.6 is 0 Å². The Bertz CT molecular complexity index is 339. The average Bonchev–Trinajstić information content (AvgIpc) is 2.31. The molecule has 0 saturated heterocycles. The molecule has 0 aromatic heterocycles. The van der Waals surface area contributed by atoms with Gasteiger partial charge in [-0.05, 0) is 43.5 Å². The van der Waals surface area contributed by atoms with E-state index >= 15 is 0 Å². The Hall–Kier alpha value is -0.960. The van der Waals surface area contributed by atoms with Crippen molar-refractivity contribution in [2.24, 2.45) is 5.92 Å². The van der Waals surface area contributed by atoms with Crippen LogP contribution in [0.15, 0.2) is 18.2 Å². The first kappa shape index (κ1) is 14.1. The molecule has 96 valence electrons. The molecule has 0 heterocycles. The van der Waals surface area contributed by atoms with E-state index in [2.05, 4.69) is 19.2 Å². The Morgan fingerprint density at radius 1 is 1.24 bits per heavy atom. The van der Waals surface area contributed by atoms with Crippen LogP contribution in [0.3, 0.4) is 0 Å². The maximum Gasteiger partial charge on any atom is 0.129 e. The SMILES string of the molecule is CCCNCC(CC)Cc1ccc(F)cc1F. The number of hydrogen-bond acceptors (Lipinski definition) is 1. The molecule has 0 bridgehead atoms. The molecule has 1 aromatic carbocycles. The van der Waals surface area contributed by atoms with Gasteiger partial charge in [-0.2, -0.15) is 0 Å². The summed E-state index contributed by atoms with van der Waals surface area (Å²) in [5.41, 5.74) is 0.608. The lowest BCUT2D eigenvalue weighted by Crippen LogP contribution is -2.24. The van der Waals surface area contributed by atoms with Gasteiger partial charge in [0.2, 0.25) is 0 Å². The smallest absolute Gasteiger partial charge is 0.129 e. The second-order valence-corrected chi connectivity index (χ2v) is 4.42. The van der Waals surface area contributed by atoms with E-state index in [9.17, 15) is 8.78 Å². The molecular weight excluding hydrogens is 220 g/mol. The van der Waals surface area contributed by atoms with Crippen molar-refractivity contribution in [3.8, 4) is 0 Å². The number of hydrogen-bond donors (Lipinski definition) is 1. The minimum Gasteiger partial charge on any atom is -0.316 e. The van der Waals surface area contributed by atoms with Crippen molar-refractivity contribution < 1.29 is 8.78 Å². The largest absolute Gasteiger partial charge is 0.316 e. The summed E-state index contributed by atoms with van der Waals surface area (Å²) in [6.07, 6.45) is 2.76. The quantitative estimate of drug-likeness (QED) is 0.720. The zero-order valence-electron chi connectivity index (χ0n) is 10.6. The van der Waals surface area contributed by atoms with Gasteiger partial charge in [0.15, 0.2) is 0 Å². The molecule has 1 atom stereocenters. The van der Waals surface area contributed by atoms with E-state index in [0.717, 1.165) is 32.0 Å². The third-order valence-corrected chi connectivity index (χ3v) is 2.96. The van der Waals surface area contributed by atoms with Gasteiger partial charge in [-0.25, -0.2) is 8.78 Å². The normalized spacial score (nSPS) is 12.7. The lowest BCUT2D eigenvalue weighted by atomic mass is 9.96. The second kappa shape index (κ2) is 7.38. The highest BCUT2D eigenvalue weighted by Crippen LogP contribution is 2.16. The van der Waals surface area contributed by atoms with E-state index in [0.29, 0.717) is 17.9 Å². The molecule has 0 saturated carbocycles. The minimum absolute atomic E-state index is 0.404. The predicted molar refractivity (Wildman–Crippen MR) is 67.0 cm³/mol. The van der Waals surface area contributed by atoms with Crippen molar-refractivity contribution in [1.29, 1.82) is 0 Å². The highest BCUT2D eigenvalue weighted by molar-refractivity contribution is 5.19. The fourth-order valence-corrected chi connectivity index (χ4v) is 1.84. The second-order valence-electron chi connectivity index (χ2n) is 4.42. The summed E-state index contributed by atoms with van der Waals surface area (Å²) in [6.45, 7) is 6.09. The Balaban J connectivity index is 2.54. The molecule has 1 rings (SSSR count). The molecule has 0 aliphatic rings. The molecule has 0 aliphatic carbocycles. The van der Waals surface area contributed by atoms with Crippen molar-refractivity contribution >= 4 is 0 Å². The lowest BCUT2D eigenvalue weighted by molar-refractivity contribution is 0.450. The summed E-state index contributed by atoms with van der Waals surface area (Å²) in [6, 6.07) is 3.83. The predicted octanol–water partition coefficient (Wildman–Crippen LogP) is 3.53. The van der Waals surface area contributed by atoms with Gasteiger partial charge >= 0.3 is 0 Å². The molecule has 0 amide bonds. The van der Waals surface area contributed by atoms with Crippen LogP contribution in [0.4, 0.5) is 8.78 Å². The van der Waals surface area contributed by atoms with Crippen LogP contribution in [0, 0.1) is 17.6 Å². The summed E-state index contributed by atoms with van der Waals surface area (Å²) in [5.74, 6) is -0.538. The molecule has 0 aliphatic heterocycles. The van der Waals surface area contributed by atoms with Gasteiger partial charge in [-0.15, -0.1) is 0 Å². The van der Waals surface area contributed by atoms with E-state index in [1.807, 2.05) is 0 Å². The summed E-state index contributed by atoms with van der Waals surface area (Å²) < 4.78 is 26.2. The van der Waals surface area contributed by atoms with Crippen molar-refractivity contribution in [3.05, 3.63) is 35.4 Å². The fraction of sp³-hybridized carbons (Fsp3) is 0.571. The van der Waals surface area contributed by atoms with Crippen LogP contribution in [0.5, 0.6) is 0 Å². The number of nitrogens with one attached hydrogen (secondary N) is 1. The van der Waals surface area contributed by atoms with E-state index < -0.39 is 11.6 Å². The minimum atomic E-state index is -0.511. The zero-order chi connectivity index (χ0) is 12.7. The first-order chi connectivity index (χ1) is 8.17. The van der Waals surface area contributed by atoms with Crippen LogP contribution in [0.25, 0.3) is 0 Å². The topological polar surface area (TPSA) is 12.0 Å². The highest BCUT2D eigenvalue weighted by atomic mass is 19.1. The molecule has 0 fully saturated rings. The zero-order valence-corrected chi connectivity index (χ0v) is 10.6. The molecule has 1 nitrogen and oxygen atoms in total. The fourth-order valence-electron chi connectivity index (χ4n) is 1.84. The van der Waals surface area contributed by atoms with E-state index in [1.165, 1.54) is 6.07 Å². The molecule has 1 N–H and O–H groups in total. The Morgan fingerprint density at radius 3 is 2.59 bits per heavy atom. The standard InChI is InChI=1S/C14H21F2N/c1-3-7-17-10-11(4-2)8-12-5-6-13(15)9-14(12)16/h5-6,9,11,17H,3-4,7-8,10H2,1-2H3. The lowest BCUT2D eigenvalue weighted by Gasteiger charge is -2.16. The first-order valence-corrected chi connectivity index (χ1v) is 6.32. The first-order valence-electron chi connectivity index (χ1n) is 6.32. The Labute approximate surface area is 102 Å². The molecular formula is C14H21F2N. The van der Waals surface area contributed by atoms with Gasteiger partial charge in [0, 0.05) is 6.07 Å². The number of benzene rings is 1. The van der Waals surface area contributed by atoms with E-state index in [4.69, 9.17) is 0 Å². The van der Waals surface area contributed by atoms with Crippen LogP contribution in [0.2, 0.25) is 0 Å².